The number of ether oxygens (including phenoxy) is 1. The molecule has 0 spiro atoms. The van der Waals surface area contributed by atoms with Crippen LogP contribution < -0.4 is 0 Å². The fourth-order valence-electron chi connectivity index (χ4n) is 2.21. The predicted molar refractivity (Wildman–Crippen MR) is 65.9 cm³/mol. The monoisotopic (exact) mass is 236 g/mol. The van der Waals surface area contributed by atoms with E-state index in [-0.39, 0.29) is 12.0 Å². The van der Waals surface area contributed by atoms with E-state index < -0.39 is 0 Å². The molecular formula is C13H20N2O2. The van der Waals surface area contributed by atoms with E-state index in [1.54, 1.807) is 6.20 Å². The largest absolute Gasteiger partial charge is 0.375 e. The molecule has 94 valence electrons. The third-order valence-corrected chi connectivity index (χ3v) is 3.02. The molecule has 0 aromatic carbocycles. The lowest BCUT2D eigenvalue weighted by Gasteiger charge is -2.32. The SMILES string of the molecule is CC(C)OC1CCN(C(=O)c2ccc[nH]2)CC1. The maximum Gasteiger partial charge on any atom is 0.270 e. The van der Waals surface area contributed by atoms with Gasteiger partial charge < -0.3 is 14.6 Å². The first kappa shape index (κ1) is 12.2. The second kappa shape index (κ2) is 5.36. The van der Waals surface area contributed by atoms with Crippen LogP contribution in [-0.2, 0) is 4.74 Å². The summed E-state index contributed by atoms with van der Waals surface area (Å²) in [5, 5.41) is 0. The number of carbonyl (C=O) groups excluding carboxylic acids is 1. The summed E-state index contributed by atoms with van der Waals surface area (Å²) in [6.07, 6.45) is 4.23. The zero-order valence-electron chi connectivity index (χ0n) is 10.5. The summed E-state index contributed by atoms with van der Waals surface area (Å²) >= 11 is 0. The van der Waals surface area contributed by atoms with E-state index in [0.29, 0.717) is 11.8 Å². The molecule has 1 aliphatic heterocycles. The molecule has 4 heteroatoms. The van der Waals surface area contributed by atoms with Gasteiger partial charge in [-0.2, -0.15) is 0 Å². The first-order valence-corrected chi connectivity index (χ1v) is 6.25. The van der Waals surface area contributed by atoms with Gasteiger partial charge in [0.1, 0.15) is 5.69 Å². The van der Waals surface area contributed by atoms with Crippen LogP contribution in [-0.4, -0.2) is 41.1 Å². The molecule has 0 radical (unpaired) electrons. The molecule has 2 heterocycles. The zero-order chi connectivity index (χ0) is 12.3. The van der Waals surface area contributed by atoms with Crippen LogP contribution in [0.15, 0.2) is 18.3 Å². The highest BCUT2D eigenvalue weighted by atomic mass is 16.5. The number of carbonyl (C=O) groups is 1. The maximum atomic E-state index is 12.0. The fraction of sp³-hybridized carbons (Fsp3) is 0.615. The number of hydrogen-bond donors (Lipinski definition) is 1. The predicted octanol–water partition coefficient (Wildman–Crippen LogP) is 2.04. The lowest BCUT2D eigenvalue weighted by atomic mass is 10.1. The molecule has 1 aliphatic rings. The Bertz CT molecular complexity index is 352. The number of likely N-dealkylation sites (tertiary alicyclic amines) is 1. The summed E-state index contributed by atoms with van der Waals surface area (Å²) in [5.41, 5.74) is 0.674. The number of amides is 1. The first-order valence-electron chi connectivity index (χ1n) is 6.25. The van der Waals surface area contributed by atoms with Gasteiger partial charge >= 0.3 is 0 Å². The molecule has 0 saturated carbocycles. The van der Waals surface area contributed by atoms with Crippen LogP contribution in [0.3, 0.4) is 0 Å². The van der Waals surface area contributed by atoms with Crippen LogP contribution in [0.1, 0.15) is 37.2 Å². The highest BCUT2D eigenvalue weighted by Gasteiger charge is 2.24. The summed E-state index contributed by atoms with van der Waals surface area (Å²) < 4.78 is 5.76. The summed E-state index contributed by atoms with van der Waals surface area (Å²) in [4.78, 5) is 16.9. The third-order valence-electron chi connectivity index (χ3n) is 3.02. The van der Waals surface area contributed by atoms with Crippen molar-refractivity contribution in [2.24, 2.45) is 0 Å². The number of piperidine rings is 1. The quantitative estimate of drug-likeness (QED) is 0.873. The van der Waals surface area contributed by atoms with Crippen LogP contribution in [0, 0.1) is 0 Å². The van der Waals surface area contributed by atoms with Crippen LogP contribution in [0.25, 0.3) is 0 Å². The van der Waals surface area contributed by atoms with Gasteiger partial charge in [-0.1, -0.05) is 0 Å². The lowest BCUT2D eigenvalue weighted by molar-refractivity contribution is -0.0236. The summed E-state index contributed by atoms with van der Waals surface area (Å²) in [7, 11) is 0. The molecule has 1 aromatic rings. The van der Waals surface area contributed by atoms with E-state index in [4.69, 9.17) is 4.74 Å². The minimum absolute atomic E-state index is 0.0954. The van der Waals surface area contributed by atoms with E-state index in [2.05, 4.69) is 18.8 Å². The molecule has 1 fully saturated rings. The van der Waals surface area contributed by atoms with Gasteiger partial charge in [0.2, 0.25) is 0 Å². The molecule has 1 saturated heterocycles. The molecule has 1 N–H and O–H groups in total. The topological polar surface area (TPSA) is 45.3 Å². The number of aromatic amines is 1. The molecule has 0 atom stereocenters. The summed E-state index contributed by atoms with van der Waals surface area (Å²) in [6.45, 7) is 5.68. The Balaban J connectivity index is 1.85. The molecule has 1 aromatic heterocycles. The van der Waals surface area contributed by atoms with Gasteiger partial charge in [-0.3, -0.25) is 4.79 Å². The number of H-pyrrole nitrogens is 1. The Labute approximate surface area is 102 Å². The number of rotatable bonds is 3. The average Bonchev–Trinajstić information content (AvgIpc) is 2.82. The van der Waals surface area contributed by atoms with Crippen molar-refractivity contribution in [2.75, 3.05) is 13.1 Å². The molecule has 17 heavy (non-hydrogen) atoms. The smallest absolute Gasteiger partial charge is 0.270 e. The Morgan fingerprint density at radius 3 is 2.71 bits per heavy atom. The van der Waals surface area contributed by atoms with Gasteiger partial charge in [-0.05, 0) is 38.8 Å². The Morgan fingerprint density at radius 1 is 1.47 bits per heavy atom. The fourth-order valence-corrected chi connectivity index (χ4v) is 2.21. The van der Waals surface area contributed by atoms with Gasteiger partial charge in [-0.15, -0.1) is 0 Å². The standard InChI is InChI=1S/C13H20N2O2/c1-10(2)17-11-5-8-15(9-6-11)13(16)12-4-3-7-14-12/h3-4,7,10-11,14H,5-6,8-9H2,1-2H3. The van der Waals surface area contributed by atoms with Crippen molar-refractivity contribution in [3.05, 3.63) is 24.0 Å². The molecular weight excluding hydrogens is 216 g/mol. The van der Waals surface area contributed by atoms with Crippen LogP contribution in [0.2, 0.25) is 0 Å². The highest BCUT2D eigenvalue weighted by Crippen LogP contribution is 2.17. The number of nitrogens with one attached hydrogen (secondary N) is 1. The second-order valence-corrected chi connectivity index (χ2v) is 4.76. The van der Waals surface area contributed by atoms with Gasteiger partial charge in [-0.25, -0.2) is 0 Å². The Hall–Kier alpha value is -1.29. The van der Waals surface area contributed by atoms with E-state index in [1.807, 2.05) is 17.0 Å². The van der Waals surface area contributed by atoms with Crippen molar-refractivity contribution in [3.8, 4) is 0 Å². The highest BCUT2D eigenvalue weighted by molar-refractivity contribution is 5.92. The van der Waals surface area contributed by atoms with E-state index in [9.17, 15) is 4.79 Å². The molecule has 4 nitrogen and oxygen atoms in total. The zero-order valence-corrected chi connectivity index (χ0v) is 10.5. The average molecular weight is 236 g/mol. The van der Waals surface area contributed by atoms with Gasteiger partial charge in [0.15, 0.2) is 0 Å². The molecule has 0 bridgehead atoms. The van der Waals surface area contributed by atoms with Crippen molar-refractivity contribution in [2.45, 2.75) is 38.9 Å². The van der Waals surface area contributed by atoms with Crippen molar-refractivity contribution in [1.29, 1.82) is 0 Å². The third kappa shape index (κ3) is 3.09. The number of aromatic nitrogens is 1. The van der Waals surface area contributed by atoms with Crippen molar-refractivity contribution >= 4 is 5.91 Å². The number of hydrogen-bond acceptors (Lipinski definition) is 2. The van der Waals surface area contributed by atoms with Gasteiger partial charge in [0.25, 0.3) is 5.91 Å². The van der Waals surface area contributed by atoms with E-state index in [0.717, 1.165) is 25.9 Å². The van der Waals surface area contributed by atoms with Crippen molar-refractivity contribution in [1.82, 2.24) is 9.88 Å². The van der Waals surface area contributed by atoms with Crippen molar-refractivity contribution in [3.63, 3.8) is 0 Å². The van der Waals surface area contributed by atoms with Crippen molar-refractivity contribution < 1.29 is 9.53 Å². The first-order chi connectivity index (χ1) is 8.16. The minimum Gasteiger partial charge on any atom is -0.375 e. The van der Waals surface area contributed by atoms with Gasteiger partial charge in [0.05, 0.1) is 12.2 Å². The number of nitrogens with zero attached hydrogens (tertiary/aromatic N) is 1. The molecule has 0 aliphatic carbocycles. The Morgan fingerprint density at radius 2 is 2.18 bits per heavy atom. The summed E-state index contributed by atoms with van der Waals surface area (Å²) in [5.74, 6) is 0.0954. The maximum absolute atomic E-state index is 12.0. The van der Waals surface area contributed by atoms with E-state index >= 15 is 0 Å². The van der Waals surface area contributed by atoms with E-state index in [1.165, 1.54) is 0 Å². The summed E-state index contributed by atoms with van der Waals surface area (Å²) in [6, 6.07) is 3.67. The Kier molecular flexibility index (Phi) is 3.84. The lowest BCUT2D eigenvalue weighted by Crippen LogP contribution is -2.41. The molecule has 1 amide bonds. The van der Waals surface area contributed by atoms with Crippen LogP contribution in [0.4, 0.5) is 0 Å². The minimum atomic E-state index is 0.0954. The molecule has 2 rings (SSSR count). The van der Waals surface area contributed by atoms with Crippen LogP contribution >= 0.6 is 0 Å². The normalized spacial score (nSPS) is 17.7. The molecule has 0 unspecified atom stereocenters. The van der Waals surface area contributed by atoms with Gasteiger partial charge in [0, 0.05) is 19.3 Å². The second-order valence-electron chi connectivity index (χ2n) is 4.76. The van der Waals surface area contributed by atoms with Crippen LogP contribution in [0.5, 0.6) is 0 Å².